The Morgan fingerprint density at radius 2 is 0.887 bits per heavy atom. The molecule has 0 spiro atoms. The lowest BCUT2D eigenvalue weighted by Gasteiger charge is -2.17. The first-order valence-electron chi connectivity index (χ1n) is 16.0. The van der Waals surface area contributed by atoms with E-state index in [9.17, 15) is 35.1 Å². The monoisotopic (exact) mass is 722 g/mol. The Balaban J connectivity index is 1.47. The summed E-state index contributed by atoms with van der Waals surface area (Å²) in [5, 5.41) is -0.135. The number of hydrogen-bond acceptors (Lipinski definition) is 3. The molecule has 0 bridgehead atoms. The molecule has 262 valence electrons. The van der Waals surface area contributed by atoms with Gasteiger partial charge in [-0.1, -0.05) is 72.8 Å². The molecule has 0 aliphatic heterocycles. The highest BCUT2D eigenvalue weighted by atomic mass is 19.4. The standard InChI is InChI=1S/C41H22F8N4/c42-32-15-11-26(20-33(32)43)25-12-16-36(31(19-25)39-51-37(23-7-3-1-4-8-23)50-38(52-39)24-9-5-2-6-10-24)53-34-17-13-27(40(44,45)46)21-29(34)30-22-28(41(47,48)49)14-18-35(30)53/h1-22H. The first-order valence-corrected chi connectivity index (χ1v) is 16.0. The van der Waals surface area contributed by atoms with E-state index in [4.69, 9.17) is 15.0 Å². The Hall–Kier alpha value is -6.43. The van der Waals surface area contributed by atoms with Crippen molar-refractivity contribution in [1.29, 1.82) is 0 Å². The van der Waals surface area contributed by atoms with Crippen LogP contribution in [0.2, 0.25) is 0 Å². The largest absolute Gasteiger partial charge is 0.416 e. The van der Waals surface area contributed by atoms with E-state index < -0.39 is 35.1 Å². The van der Waals surface area contributed by atoms with Gasteiger partial charge in [0, 0.05) is 27.5 Å². The van der Waals surface area contributed by atoms with Crippen LogP contribution in [0.1, 0.15) is 11.1 Å². The molecule has 0 fully saturated rings. The van der Waals surface area contributed by atoms with E-state index >= 15 is 0 Å². The van der Waals surface area contributed by atoms with Crippen LogP contribution in [0.15, 0.2) is 133 Å². The van der Waals surface area contributed by atoms with E-state index in [2.05, 4.69) is 0 Å². The number of nitrogens with zero attached hydrogens (tertiary/aromatic N) is 4. The smallest absolute Gasteiger partial charge is 0.309 e. The van der Waals surface area contributed by atoms with Crippen LogP contribution in [0.3, 0.4) is 0 Å². The molecule has 2 aromatic heterocycles. The van der Waals surface area contributed by atoms with E-state index in [1.807, 2.05) is 12.1 Å². The number of aromatic nitrogens is 4. The van der Waals surface area contributed by atoms with E-state index in [0.717, 1.165) is 36.4 Å². The van der Waals surface area contributed by atoms with Gasteiger partial charge in [0.2, 0.25) is 0 Å². The zero-order valence-corrected chi connectivity index (χ0v) is 27.0. The average molecular weight is 723 g/mol. The van der Waals surface area contributed by atoms with Gasteiger partial charge in [0.1, 0.15) is 0 Å². The van der Waals surface area contributed by atoms with Crippen molar-refractivity contribution in [3.63, 3.8) is 0 Å². The van der Waals surface area contributed by atoms with Crippen LogP contribution in [0.4, 0.5) is 35.1 Å². The van der Waals surface area contributed by atoms with Crippen molar-refractivity contribution in [2.75, 3.05) is 0 Å². The van der Waals surface area contributed by atoms with Crippen LogP contribution in [-0.2, 0) is 12.4 Å². The van der Waals surface area contributed by atoms with Gasteiger partial charge in [-0.2, -0.15) is 26.3 Å². The maximum atomic E-state index is 14.5. The highest BCUT2D eigenvalue weighted by Gasteiger charge is 2.33. The molecule has 8 aromatic rings. The summed E-state index contributed by atoms with van der Waals surface area (Å²) in [6.07, 6.45) is -9.54. The van der Waals surface area contributed by atoms with Crippen LogP contribution in [0.5, 0.6) is 0 Å². The molecule has 2 heterocycles. The molecular formula is C41H22F8N4. The lowest BCUT2D eigenvalue weighted by atomic mass is 10.0. The Kier molecular flexibility index (Phi) is 8.05. The fourth-order valence-corrected chi connectivity index (χ4v) is 6.33. The van der Waals surface area contributed by atoms with Gasteiger partial charge in [0.25, 0.3) is 0 Å². The minimum absolute atomic E-state index is 0.0675. The third-order valence-electron chi connectivity index (χ3n) is 8.85. The van der Waals surface area contributed by atoms with E-state index in [1.54, 1.807) is 71.3 Å². The van der Waals surface area contributed by atoms with Crippen molar-refractivity contribution in [3.05, 3.63) is 156 Å². The van der Waals surface area contributed by atoms with Crippen LogP contribution in [-0.4, -0.2) is 19.5 Å². The van der Waals surface area contributed by atoms with Gasteiger partial charge >= 0.3 is 12.4 Å². The summed E-state index contributed by atoms with van der Waals surface area (Å²) >= 11 is 0. The predicted octanol–water partition coefficient (Wildman–Crippen LogP) is 12.0. The zero-order chi connectivity index (χ0) is 37.1. The van der Waals surface area contributed by atoms with Crippen LogP contribution >= 0.6 is 0 Å². The van der Waals surface area contributed by atoms with Gasteiger partial charge in [-0.05, 0) is 71.8 Å². The second-order valence-corrected chi connectivity index (χ2v) is 12.2. The second-order valence-electron chi connectivity index (χ2n) is 12.2. The second kappa shape index (κ2) is 12.7. The summed E-state index contributed by atoms with van der Waals surface area (Å²) in [6.45, 7) is 0. The van der Waals surface area contributed by atoms with Gasteiger partial charge in [0.15, 0.2) is 29.1 Å². The number of hydrogen-bond donors (Lipinski definition) is 0. The lowest BCUT2D eigenvalue weighted by molar-refractivity contribution is -0.138. The van der Waals surface area contributed by atoms with Crippen LogP contribution < -0.4 is 0 Å². The molecule has 0 atom stereocenters. The molecule has 8 rings (SSSR count). The number of fused-ring (bicyclic) bond motifs is 3. The lowest BCUT2D eigenvalue weighted by Crippen LogP contribution is -2.05. The fourth-order valence-electron chi connectivity index (χ4n) is 6.33. The van der Waals surface area contributed by atoms with Crippen molar-refractivity contribution >= 4 is 21.8 Å². The molecule has 0 unspecified atom stereocenters. The Bertz CT molecular complexity index is 2540. The fraction of sp³-hybridized carbons (Fsp3) is 0.0488. The van der Waals surface area contributed by atoms with Crippen molar-refractivity contribution < 1.29 is 35.1 Å². The molecule has 6 aromatic carbocycles. The van der Waals surface area contributed by atoms with E-state index in [-0.39, 0.29) is 44.8 Å². The molecule has 4 nitrogen and oxygen atoms in total. The highest BCUT2D eigenvalue weighted by Crippen LogP contribution is 2.42. The van der Waals surface area contributed by atoms with Crippen molar-refractivity contribution in [3.8, 4) is 51.0 Å². The highest BCUT2D eigenvalue weighted by molar-refractivity contribution is 6.10. The third-order valence-corrected chi connectivity index (χ3v) is 8.85. The summed E-state index contributed by atoms with van der Waals surface area (Å²) in [4.78, 5) is 14.4. The van der Waals surface area contributed by atoms with Gasteiger partial charge < -0.3 is 4.57 Å². The van der Waals surface area contributed by atoms with E-state index in [0.29, 0.717) is 27.9 Å². The summed E-state index contributed by atoms with van der Waals surface area (Å²) in [7, 11) is 0. The summed E-state index contributed by atoms with van der Waals surface area (Å²) in [5.41, 5.74) is 0.841. The number of alkyl halides is 6. The molecule has 0 aliphatic carbocycles. The number of rotatable bonds is 5. The summed E-state index contributed by atoms with van der Waals surface area (Å²) in [6, 6.07) is 32.0. The third kappa shape index (κ3) is 6.26. The van der Waals surface area contributed by atoms with Gasteiger partial charge in [-0.3, -0.25) is 0 Å². The molecule has 0 saturated heterocycles. The van der Waals surface area contributed by atoms with Crippen LogP contribution in [0.25, 0.3) is 72.8 Å². The first kappa shape index (κ1) is 33.7. The molecule has 0 radical (unpaired) electrons. The Morgan fingerprint density at radius 1 is 0.415 bits per heavy atom. The van der Waals surface area contributed by atoms with E-state index in [1.165, 1.54) is 18.2 Å². The molecule has 0 N–H and O–H groups in total. The Morgan fingerprint density at radius 3 is 1.38 bits per heavy atom. The summed E-state index contributed by atoms with van der Waals surface area (Å²) in [5.74, 6) is -1.47. The molecule has 12 heteroatoms. The molecule has 53 heavy (non-hydrogen) atoms. The molecular weight excluding hydrogens is 700 g/mol. The quantitative estimate of drug-likeness (QED) is 0.166. The normalized spacial score (nSPS) is 12.2. The zero-order valence-electron chi connectivity index (χ0n) is 27.0. The number of halogens is 8. The first-order chi connectivity index (χ1) is 25.3. The van der Waals surface area contributed by atoms with Gasteiger partial charge in [0.05, 0.1) is 27.8 Å². The Labute approximate surface area is 295 Å². The topological polar surface area (TPSA) is 43.6 Å². The van der Waals surface area contributed by atoms with Crippen LogP contribution in [0, 0.1) is 11.6 Å². The minimum atomic E-state index is -4.77. The maximum absolute atomic E-state index is 14.5. The molecule has 0 aliphatic rings. The van der Waals surface area contributed by atoms with Crippen molar-refractivity contribution in [2.24, 2.45) is 0 Å². The molecule has 0 amide bonds. The predicted molar refractivity (Wildman–Crippen MR) is 186 cm³/mol. The average Bonchev–Trinajstić information content (AvgIpc) is 3.48. The maximum Gasteiger partial charge on any atom is 0.416 e. The SMILES string of the molecule is Fc1ccc(-c2ccc(-n3c4ccc(C(F)(F)F)cc4c4cc(C(F)(F)F)ccc43)c(-c3nc(-c4ccccc4)nc(-c4ccccc4)n3)c2)cc1F. The number of benzene rings is 6. The summed E-state index contributed by atoms with van der Waals surface area (Å²) < 4.78 is 114. The van der Waals surface area contributed by atoms with Crippen molar-refractivity contribution in [1.82, 2.24) is 19.5 Å². The van der Waals surface area contributed by atoms with Gasteiger partial charge in [-0.25, -0.2) is 23.7 Å². The van der Waals surface area contributed by atoms with Crippen molar-refractivity contribution in [2.45, 2.75) is 12.4 Å². The van der Waals surface area contributed by atoms with Gasteiger partial charge in [-0.15, -0.1) is 0 Å². The molecule has 0 saturated carbocycles. The minimum Gasteiger partial charge on any atom is -0.309 e.